The molecule has 1 N–H and O–H groups in total. The van der Waals surface area contributed by atoms with E-state index in [0.717, 1.165) is 25.9 Å². The van der Waals surface area contributed by atoms with Crippen LogP contribution in [-0.4, -0.2) is 46.2 Å². The molecular weight excluding hydrogens is 250 g/mol. The minimum atomic E-state index is -0.812. The van der Waals surface area contributed by atoms with Crippen molar-refractivity contribution in [2.75, 3.05) is 19.7 Å². The van der Waals surface area contributed by atoms with Crippen molar-refractivity contribution < 1.29 is 14.6 Å². The maximum Gasteiger partial charge on any atom is 0.407 e. The Bertz CT molecular complexity index is 238. The lowest BCUT2D eigenvalue weighted by atomic mass is 9.89. The molecule has 0 aromatic carbocycles. The van der Waals surface area contributed by atoms with Crippen molar-refractivity contribution in [2.45, 2.75) is 29.7 Å². The van der Waals surface area contributed by atoms with Gasteiger partial charge in [0.1, 0.15) is 0 Å². The Balaban J connectivity index is 1.92. The van der Waals surface area contributed by atoms with Gasteiger partial charge in [0.25, 0.3) is 0 Å². The maximum absolute atomic E-state index is 10.7. The normalized spacial score (nSPS) is 30.9. The highest BCUT2D eigenvalue weighted by atomic mass is 79.9. The highest BCUT2D eigenvalue weighted by molar-refractivity contribution is 9.09. The summed E-state index contributed by atoms with van der Waals surface area (Å²) >= 11 is 3.54. The molecule has 0 bridgehead atoms. The molecule has 5 heteroatoms. The Morgan fingerprint density at radius 3 is 2.57 bits per heavy atom. The molecule has 2 saturated heterocycles. The highest BCUT2D eigenvalue weighted by Gasteiger charge is 2.42. The third-order valence-corrected chi connectivity index (χ3v) is 3.70. The van der Waals surface area contributed by atoms with Crippen molar-refractivity contribution in [3.05, 3.63) is 0 Å². The van der Waals surface area contributed by atoms with Gasteiger partial charge >= 0.3 is 6.09 Å². The van der Waals surface area contributed by atoms with E-state index in [1.165, 1.54) is 4.90 Å². The van der Waals surface area contributed by atoms with E-state index < -0.39 is 6.09 Å². The summed E-state index contributed by atoms with van der Waals surface area (Å²) in [6.07, 6.45) is 1.87. The Hall–Kier alpha value is -0.290. The van der Waals surface area contributed by atoms with Gasteiger partial charge in [0.15, 0.2) is 0 Å². The van der Waals surface area contributed by atoms with E-state index in [1.807, 2.05) is 0 Å². The van der Waals surface area contributed by atoms with Crippen LogP contribution >= 0.6 is 15.9 Å². The predicted molar refractivity (Wildman–Crippen MR) is 54.8 cm³/mol. The van der Waals surface area contributed by atoms with E-state index in [4.69, 9.17) is 9.84 Å². The molecule has 0 aromatic heterocycles. The molecule has 2 aliphatic rings. The van der Waals surface area contributed by atoms with Crippen LogP contribution in [0.4, 0.5) is 4.79 Å². The van der Waals surface area contributed by atoms with Gasteiger partial charge in [0, 0.05) is 17.9 Å². The summed E-state index contributed by atoms with van der Waals surface area (Å²) in [5.74, 6) is 0. The molecule has 1 atom stereocenters. The van der Waals surface area contributed by atoms with Crippen LogP contribution in [0.25, 0.3) is 0 Å². The van der Waals surface area contributed by atoms with Crippen LogP contribution in [0.2, 0.25) is 0 Å². The standard InChI is InChI=1S/C9H14BrNO3/c10-7-5-9(14-6-7)1-3-11(4-2-9)8(12)13/h7H,1-6H2,(H,12,13). The van der Waals surface area contributed by atoms with Crippen molar-refractivity contribution in [2.24, 2.45) is 0 Å². The van der Waals surface area contributed by atoms with E-state index >= 15 is 0 Å². The zero-order valence-electron chi connectivity index (χ0n) is 7.91. The number of amides is 1. The highest BCUT2D eigenvalue weighted by Crippen LogP contribution is 2.38. The Morgan fingerprint density at radius 1 is 1.50 bits per heavy atom. The quantitative estimate of drug-likeness (QED) is 0.677. The zero-order valence-corrected chi connectivity index (χ0v) is 9.49. The first-order valence-electron chi connectivity index (χ1n) is 4.87. The Kier molecular flexibility index (Phi) is 2.70. The molecule has 0 saturated carbocycles. The summed E-state index contributed by atoms with van der Waals surface area (Å²) in [6, 6.07) is 0. The van der Waals surface area contributed by atoms with Gasteiger partial charge in [-0.25, -0.2) is 4.79 Å². The van der Waals surface area contributed by atoms with Crippen molar-refractivity contribution in [1.29, 1.82) is 0 Å². The molecule has 2 aliphatic heterocycles. The Morgan fingerprint density at radius 2 is 2.14 bits per heavy atom. The van der Waals surface area contributed by atoms with Gasteiger partial charge in [-0.2, -0.15) is 0 Å². The monoisotopic (exact) mass is 263 g/mol. The first-order valence-corrected chi connectivity index (χ1v) is 5.79. The molecule has 0 radical (unpaired) electrons. The molecule has 1 unspecified atom stereocenters. The third kappa shape index (κ3) is 1.88. The number of nitrogens with zero attached hydrogens (tertiary/aromatic N) is 1. The number of halogens is 1. The van der Waals surface area contributed by atoms with Gasteiger partial charge in [0.05, 0.1) is 12.2 Å². The number of piperidine rings is 1. The van der Waals surface area contributed by atoms with Gasteiger partial charge in [-0.15, -0.1) is 0 Å². The van der Waals surface area contributed by atoms with Crippen molar-refractivity contribution in [1.82, 2.24) is 4.90 Å². The van der Waals surface area contributed by atoms with Gasteiger partial charge in [-0.1, -0.05) is 15.9 Å². The summed E-state index contributed by atoms with van der Waals surface area (Å²) in [5, 5.41) is 8.80. The number of alkyl halides is 1. The first kappa shape index (κ1) is 10.2. The largest absolute Gasteiger partial charge is 0.465 e. The van der Waals surface area contributed by atoms with Crippen LogP contribution in [0.15, 0.2) is 0 Å². The van der Waals surface area contributed by atoms with Crippen LogP contribution in [0.1, 0.15) is 19.3 Å². The van der Waals surface area contributed by atoms with Crippen molar-refractivity contribution in [3.8, 4) is 0 Å². The van der Waals surface area contributed by atoms with Crippen LogP contribution < -0.4 is 0 Å². The van der Waals surface area contributed by atoms with Crippen molar-refractivity contribution in [3.63, 3.8) is 0 Å². The lowest BCUT2D eigenvalue weighted by molar-refractivity contribution is -0.0392. The summed E-state index contributed by atoms with van der Waals surface area (Å²) in [5.41, 5.74) is -0.0416. The number of ether oxygens (including phenoxy) is 1. The molecule has 14 heavy (non-hydrogen) atoms. The van der Waals surface area contributed by atoms with E-state index in [0.29, 0.717) is 17.9 Å². The smallest absolute Gasteiger partial charge is 0.407 e. The average Bonchev–Trinajstić information content (AvgIpc) is 2.48. The average molecular weight is 264 g/mol. The fraction of sp³-hybridized carbons (Fsp3) is 0.889. The Labute approximate surface area is 91.3 Å². The fourth-order valence-electron chi connectivity index (χ4n) is 2.24. The predicted octanol–water partition coefficient (Wildman–Crippen LogP) is 1.68. The second-order valence-electron chi connectivity index (χ2n) is 4.07. The number of hydrogen-bond acceptors (Lipinski definition) is 2. The number of hydrogen-bond donors (Lipinski definition) is 1. The van der Waals surface area contributed by atoms with Gasteiger partial charge in [0.2, 0.25) is 0 Å². The fourth-order valence-corrected chi connectivity index (χ4v) is 2.96. The second kappa shape index (κ2) is 3.70. The van der Waals surface area contributed by atoms with Gasteiger partial charge in [-0.3, -0.25) is 0 Å². The number of rotatable bonds is 0. The first-order chi connectivity index (χ1) is 6.61. The second-order valence-corrected chi connectivity index (χ2v) is 5.36. The summed E-state index contributed by atoms with van der Waals surface area (Å²) < 4.78 is 5.76. The molecule has 2 fully saturated rings. The van der Waals surface area contributed by atoms with Crippen LogP contribution in [-0.2, 0) is 4.74 Å². The molecule has 4 nitrogen and oxygen atoms in total. The van der Waals surface area contributed by atoms with E-state index in [9.17, 15) is 4.79 Å². The van der Waals surface area contributed by atoms with Crippen LogP contribution in [0, 0.1) is 0 Å². The summed E-state index contributed by atoms with van der Waals surface area (Å²) in [4.78, 5) is 12.6. The molecule has 0 aliphatic carbocycles. The van der Waals surface area contributed by atoms with Gasteiger partial charge in [-0.05, 0) is 19.3 Å². The third-order valence-electron chi connectivity index (χ3n) is 3.11. The maximum atomic E-state index is 10.7. The minimum absolute atomic E-state index is 0.0416. The van der Waals surface area contributed by atoms with E-state index in [1.54, 1.807) is 0 Å². The topological polar surface area (TPSA) is 49.8 Å². The number of carbonyl (C=O) groups is 1. The summed E-state index contributed by atoms with van der Waals surface area (Å²) in [6.45, 7) is 1.97. The van der Waals surface area contributed by atoms with Crippen LogP contribution in [0.3, 0.4) is 0 Å². The minimum Gasteiger partial charge on any atom is -0.465 e. The number of carboxylic acid groups (broad SMARTS) is 1. The number of likely N-dealkylation sites (tertiary alicyclic amines) is 1. The lowest BCUT2D eigenvalue weighted by Gasteiger charge is -2.37. The van der Waals surface area contributed by atoms with E-state index in [-0.39, 0.29) is 5.60 Å². The zero-order chi connectivity index (χ0) is 10.2. The van der Waals surface area contributed by atoms with Crippen LogP contribution in [0.5, 0.6) is 0 Å². The van der Waals surface area contributed by atoms with E-state index in [2.05, 4.69) is 15.9 Å². The van der Waals surface area contributed by atoms with Crippen molar-refractivity contribution >= 4 is 22.0 Å². The molecule has 1 amide bonds. The molecule has 2 rings (SSSR count). The SMILES string of the molecule is O=C(O)N1CCC2(CC1)CC(Br)CO2. The molecule has 0 aromatic rings. The molecule has 1 spiro atoms. The molecule has 2 heterocycles. The molecular formula is C9H14BrNO3. The summed E-state index contributed by atoms with van der Waals surface area (Å²) in [7, 11) is 0. The molecule has 80 valence electrons. The lowest BCUT2D eigenvalue weighted by Crippen LogP contribution is -2.46. The van der Waals surface area contributed by atoms with Gasteiger partial charge < -0.3 is 14.7 Å².